The number of hydrogen-bond acceptors (Lipinski definition) is 3. The number of aromatic nitrogens is 2. The lowest BCUT2D eigenvalue weighted by atomic mass is 10.1. The van der Waals surface area contributed by atoms with Gasteiger partial charge in [0, 0.05) is 30.2 Å². The van der Waals surface area contributed by atoms with Gasteiger partial charge < -0.3 is 5.32 Å². The van der Waals surface area contributed by atoms with E-state index >= 15 is 0 Å². The van der Waals surface area contributed by atoms with Crippen LogP contribution in [0, 0.1) is 12.7 Å². The molecule has 1 aromatic carbocycles. The number of hydrogen-bond donors (Lipinski definition) is 1. The Labute approximate surface area is 127 Å². The van der Waals surface area contributed by atoms with Gasteiger partial charge in [-0.2, -0.15) is 5.10 Å². The summed E-state index contributed by atoms with van der Waals surface area (Å²) < 4.78 is 15.7. The second-order valence-corrected chi connectivity index (χ2v) is 5.89. The zero-order valence-corrected chi connectivity index (χ0v) is 12.7. The van der Waals surface area contributed by atoms with E-state index in [1.807, 2.05) is 49.8 Å². The molecule has 0 aliphatic rings. The van der Waals surface area contributed by atoms with Crippen LogP contribution in [0.4, 0.5) is 10.1 Å². The number of thiophene rings is 1. The summed E-state index contributed by atoms with van der Waals surface area (Å²) in [4.78, 5) is 0.951. The van der Waals surface area contributed by atoms with E-state index in [1.165, 1.54) is 6.07 Å². The third-order valence-corrected chi connectivity index (χ3v) is 4.22. The van der Waals surface area contributed by atoms with Crippen molar-refractivity contribution in [2.45, 2.75) is 13.5 Å². The Balaban J connectivity index is 1.80. The number of anilines is 1. The van der Waals surface area contributed by atoms with E-state index in [-0.39, 0.29) is 5.82 Å². The van der Waals surface area contributed by atoms with Crippen LogP contribution < -0.4 is 5.32 Å². The van der Waals surface area contributed by atoms with E-state index in [2.05, 4.69) is 10.4 Å². The van der Waals surface area contributed by atoms with Crippen molar-refractivity contribution in [1.29, 1.82) is 0 Å². The predicted octanol–water partition coefficient (Wildman–Crippen LogP) is 4.21. The lowest BCUT2D eigenvalue weighted by Crippen LogP contribution is -2.00. The maximum absolute atomic E-state index is 13.9. The van der Waals surface area contributed by atoms with Gasteiger partial charge >= 0.3 is 0 Å². The first kappa shape index (κ1) is 13.8. The van der Waals surface area contributed by atoms with Crippen molar-refractivity contribution in [2.75, 3.05) is 5.32 Å². The molecule has 108 valence electrons. The van der Waals surface area contributed by atoms with Crippen molar-refractivity contribution < 1.29 is 4.39 Å². The molecule has 0 radical (unpaired) electrons. The van der Waals surface area contributed by atoms with Gasteiger partial charge in [-0.15, -0.1) is 11.3 Å². The third kappa shape index (κ3) is 2.97. The Kier molecular flexibility index (Phi) is 3.75. The number of halogens is 1. The minimum atomic E-state index is -0.182. The van der Waals surface area contributed by atoms with Gasteiger partial charge in [0.2, 0.25) is 0 Å². The van der Waals surface area contributed by atoms with E-state index in [9.17, 15) is 4.39 Å². The third-order valence-electron chi connectivity index (χ3n) is 3.31. The van der Waals surface area contributed by atoms with E-state index < -0.39 is 0 Å². The Bertz CT molecular complexity index is 747. The fraction of sp³-hybridized carbons (Fsp3) is 0.188. The Morgan fingerprint density at radius 2 is 2.19 bits per heavy atom. The molecule has 0 spiro atoms. The summed E-state index contributed by atoms with van der Waals surface area (Å²) in [5.74, 6) is -0.182. The number of benzene rings is 1. The lowest BCUT2D eigenvalue weighted by Gasteiger charge is -2.07. The van der Waals surface area contributed by atoms with Gasteiger partial charge in [-0.1, -0.05) is 12.1 Å². The van der Waals surface area contributed by atoms with E-state index in [1.54, 1.807) is 16.0 Å². The molecular weight excluding hydrogens is 285 g/mol. The number of rotatable bonds is 4. The lowest BCUT2D eigenvalue weighted by molar-refractivity contribution is 0.631. The normalized spacial score (nSPS) is 10.8. The second kappa shape index (κ2) is 5.69. The molecule has 21 heavy (non-hydrogen) atoms. The molecule has 3 rings (SSSR count). The summed E-state index contributed by atoms with van der Waals surface area (Å²) in [7, 11) is 1.89. The zero-order chi connectivity index (χ0) is 14.8. The molecule has 0 saturated carbocycles. The molecule has 3 aromatic rings. The van der Waals surface area contributed by atoms with Crippen LogP contribution >= 0.6 is 11.3 Å². The minimum absolute atomic E-state index is 0.182. The second-order valence-electron chi connectivity index (χ2n) is 4.95. The van der Waals surface area contributed by atoms with E-state index in [0.717, 1.165) is 21.8 Å². The summed E-state index contributed by atoms with van der Waals surface area (Å²) in [6.45, 7) is 2.61. The van der Waals surface area contributed by atoms with Crippen LogP contribution in [0.15, 0.2) is 41.9 Å². The molecular formula is C16H16FN3S. The van der Waals surface area contributed by atoms with Crippen LogP contribution in [0.3, 0.4) is 0 Å². The van der Waals surface area contributed by atoms with Crippen molar-refractivity contribution in [3.8, 4) is 10.4 Å². The van der Waals surface area contributed by atoms with Gasteiger partial charge in [0.15, 0.2) is 0 Å². The molecule has 0 fully saturated rings. The van der Waals surface area contributed by atoms with Crippen LogP contribution in [0.25, 0.3) is 10.4 Å². The molecule has 2 aromatic heterocycles. The highest BCUT2D eigenvalue weighted by Gasteiger charge is 2.08. The van der Waals surface area contributed by atoms with E-state index in [0.29, 0.717) is 12.1 Å². The topological polar surface area (TPSA) is 29.9 Å². The van der Waals surface area contributed by atoms with Gasteiger partial charge in [0.1, 0.15) is 5.82 Å². The predicted molar refractivity (Wildman–Crippen MR) is 85.0 cm³/mol. The van der Waals surface area contributed by atoms with Gasteiger partial charge in [-0.25, -0.2) is 4.39 Å². The summed E-state index contributed by atoms with van der Waals surface area (Å²) in [5, 5.41) is 9.59. The molecule has 2 heterocycles. The average molecular weight is 301 g/mol. The smallest absolute Gasteiger partial charge is 0.131 e. The van der Waals surface area contributed by atoms with Crippen molar-refractivity contribution in [3.63, 3.8) is 0 Å². The molecule has 0 aliphatic heterocycles. The highest BCUT2D eigenvalue weighted by Crippen LogP contribution is 2.28. The molecule has 0 unspecified atom stereocenters. The van der Waals surface area contributed by atoms with Gasteiger partial charge in [-0.05, 0) is 36.1 Å². The van der Waals surface area contributed by atoms with Crippen LogP contribution in [-0.2, 0) is 13.6 Å². The Morgan fingerprint density at radius 1 is 1.33 bits per heavy atom. The van der Waals surface area contributed by atoms with Gasteiger partial charge in [-0.3, -0.25) is 4.68 Å². The Morgan fingerprint density at radius 3 is 2.86 bits per heavy atom. The zero-order valence-electron chi connectivity index (χ0n) is 11.9. The van der Waals surface area contributed by atoms with Crippen LogP contribution in [0.5, 0.6) is 0 Å². The summed E-state index contributed by atoms with van der Waals surface area (Å²) in [5.41, 5.74) is 3.66. The molecule has 0 atom stereocenters. The summed E-state index contributed by atoms with van der Waals surface area (Å²) in [6.07, 6.45) is 1.94. The van der Waals surface area contributed by atoms with Gasteiger partial charge in [0.25, 0.3) is 0 Å². The van der Waals surface area contributed by atoms with Crippen LogP contribution in [-0.4, -0.2) is 9.78 Å². The monoisotopic (exact) mass is 301 g/mol. The SMILES string of the molecule is Cc1nn(C)cc1NCc1ccc(F)c(-c2cccs2)c1. The quantitative estimate of drug-likeness (QED) is 0.782. The van der Waals surface area contributed by atoms with E-state index in [4.69, 9.17) is 0 Å². The minimum Gasteiger partial charge on any atom is -0.378 e. The molecule has 5 heteroatoms. The fourth-order valence-corrected chi connectivity index (χ4v) is 3.02. The first-order valence-corrected chi connectivity index (χ1v) is 7.58. The average Bonchev–Trinajstić information content (AvgIpc) is 3.08. The molecule has 0 saturated heterocycles. The first-order chi connectivity index (χ1) is 10.1. The Hall–Kier alpha value is -2.14. The van der Waals surface area contributed by atoms with Gasteiger partial charge in [0.05, 0.1) is 11.4 Å². The highest BCUT2D eigenvalue weighted by molar-refractivity contribution is 7.13. The maximum Gasteiger partial charge on any atom is 0.131 e. The molecule has 3 nitrogen and oxygen atoms in total. The van der Waals surface area contributed by atoms with Crippen LogP contribution in [0.1, 0.15) is 11.3 Å². The van der Waals surface area contributed by atoms with Crippen molar-refractivity contribution >= 4 is 17.0 Å². The molecule has 0 bridgehead atoms. The standard InChI is InChI=1S/C16H16FN3S/c1-11-15(10-20(2)19-11)18-9-12-5-6-14(17)13(8-12)16-4-3-7-21-16/h3-8,10,18H,9H2,1-2H3. The highest BCUT2D eigenvalue weighted by atomic mass is 32.1. The van der Waals surface area contributed by atoms with Crippen molar-refractivity contribution in [2.24, 2.45) is 7.05 Å². The first-order valence-electron chi connectivity index (χ1n) is 6.70. The van der Waals surface area contributed by atoms with Crippen LogP contribution in [0.2, 0.25) is 0 Å². The fourth-order valence-electron chi connectivity index (χ4n) is 2.27. The summed E-state index contributed by atoms with van der Waals surface area (Å²) >= 11 is 1.55. The number of aryl methyl sites for hydroxylation is 2. The molecule has 0 aliphatic carbocycles. The van der Waals surface area contributed by atoms with Crippen molar-refractivity contribution in [1.82, 2.24) is 9.78 Å². The number of nitrogens with one attached hydrogen (secondary N) is 1. The maximum atomic E-state index is 13.9. The largest absolute Gasteiger partial charge is 0.378 e. The molecule has 1 N–H and O–H groups in total. The molecule has 0 amide bonds. The number of nitrogens with zero attached hydrogens (tertiary/aromatic N) is 2. The summed E-state index contributed by atoms with van der Waals surface area (Å²) in [6, 6.07) is 9.11. The van der Waals surface area contributed by atoms with Crippen molar-refractivity contribution in [3.05, 3.63) is 59.0 Å².